The predicted octanol–water partition coefficient (Wildman–Crippen LogP) is 15.7. The highest BCUT2D eigenvalue weighted by Crippen LogP contribution is 2.51. The first-order valence-electron chi connectivity index (χ1n) is 20.5. The highest BCUT2D eigenvalue weighted by Gasteiger charge is 2.35. The molecule has 0 spiro atoms. The van der Waals surface area contributed by atoms with E-state index in [4.69, 9.17) is 13.8 Å². The first-order valence-corrected chi connectivity index (χ1v) is 20.5. The first kappa shape index (κ1) is 34.4. The second-order valence-corrected chi connectivity index (χ2v) is 16.3. The average molecular weight is 771 g/mol. The normalized spacial score (nSPS) is 13.0. The average Bonchev–Trinajstić information content (AvgIpc) is 3.95. The lowest BCUT2D eigenvalue weighted by molar-refractivity contribution is 0.620. The number of anilines is 3. The van der Waals surface area contributed by atoms with E-state index >= 15 is 0 Å². The van der Waals surface area contributed by atoms with Crippen LogP contribution in [0.3, 0.4) is 0 Å². The fraction of sp³-hybridized carbons (Fsp3) is 0.0536. The van der Waals surface area contributed by atoms with E-state index in [9.17, 15) is 0 Å². The van der Waals surface area contributed by atoms with Crippen LogP contribution in [0.2, 0.25) is 0 Å². The van der Waals surface area contributed by atoms with Gasteiger partial charge in [0, 0.05) is 44.9 Å². The Morgan fingerprint density at radius 1 is 0.417 bits per heavy atom. The van der Waals surface area contributed by atoms with Gasteiger partial charge in [0.2, 0.25) is 5.89 Å². The van der Waals surface area contributed by atoms with Crippen LogP contribution in [0.15, 0.2) is 203 Å². The van der Waals surface area contributed by atoms with E-state index < -0.39 is 0 Å². The Hall–Kier alpha value is -7.69. The molecule has 2 aromatic heterocycles. The molecular weight excluding hydrogens is 733 g/mol. The molecule has 0 radical (unpaired) electrons. The lowest BCUT2D eigenvalue weighted by Crippen LogP contribution is -2.16. The summed E-state index contributed by atoms with van der Waals surface area (Å²) in [6.45, 7) is 4.69. The summed E-state index contributed by atoms with van der Waals surface area (Å²) >= 11 is 0. The SMILES string of the molecule is CC1(C)c2ccccc2-c2ccc(N(c3ccc(-c4cccc5oc6cc7nc(-c8ccccc8)oc7cc6c45)cc3)c3cccc(-c4cccc5ccccc45)c3)cc21. The van der Waals surface area contributed by atoms with Gasteiger partial charge in [0.05, 0.1) is 0 Å². The van der Waals surface area contributed by atoms with Crippen LogP contribution in [0.4, 0.5) is 17.1 Å². The maximum Gasteiger partial charge on any atom is 0.227 e. The third kappa shape index (κ3) is 5.34. The zero-order valence-electron chi connectivity index (χ0n) is 33.2. The van der Waals surface area contributed by atoms with Crippen LogP contribution in [0.25, 0.3) is 88.6 Å². The summed E-state index contributed by atoms with van der Waals surface area (Å²) in [7, 11) is 0. The molecule has 1 aliphatic rings. The van der Waals surface area contributed by atoms with Crippen molar-refractivity contribution in [1.82, 2.24) is 4.98 Å². The highest BCUT2D eigenvalue weighted by molar-refractivity contribution is 6.15. The summed E-state index contributed by atoms with van der Waals surface area (Å²) in [4.78, 5) is 7.20. The maximum atomic E-state index is 6.48. The Kier molecular flexibility index (Phi) is 7.54. The zero-order chi connectivity index (χ0) is 40.0. The maximum absolute atomic E-state index is 6.48. The molecule has 0 bridgehead atoms. The summed E-state index contributed by atoms with van der Waals surface area (Å²) in [6, 6.07) is 69.3. The topological polar surface area (TPSA) is 42.4 Å². The van der Waals surface area contributed by atoms with Gasteiger partial charge in [-0.3, -0.25) is 0 Å². The Labute approximate surface area is 347 Å². The molecule has 4 heteroatoms. The minimum absolute atomic E-state index is 0.130. The van der Waals surface area contributed by atoms with Gasteiger partial charge >= 0.3 is 0 Å². The molecule has 0 fully saturated rings. The molecule has 0 saturated heterocycles. The quantitative estimate of drug-likeness (QED) is 0.169. The van der Waals surface area contributed by atoms with E-state index in [1.54, 1.807) is 0 Å². The second kappa shape index (κ2) is 13.2. The van der Waals surface area contributed by atoms with Crippen LogP contribution in [0, 0.1) is 0 Å². The van der Waals surface area contributed by atoms with Crippen molar-refractivity contribution in [3.8, 4) is 44.8 Å². The van der Waals surface area contributed by atoms with Crippen LogP contribution in [0.5, 0.6) is 0 Å². The lowest BCUT2D eigenvalue weighted by Gasteiger charge is -2.28. The van der Waals surface area contributed by atoms with E-state index in [1.165, 1.54) is 44.2 Å². The largest absolute Gasteiger partial charge is 0.456 e. The van der Waals surface area contributed by atoms with Gasteiger partial charge in [-0.15, -0.1) is 0 Å². The van der Waals surface area contributed by atoms with Crippen molar-refractivity contribution in [3.63, 3.8) is 0 Å². The Bertz CT molecular complexity index is 3460. The lowest BCUT2D eigenvalue weighted by atomic mass is 9.82. The molecule has 9 aromatic carbocycles. The number of nitrogens with zero attached hydrogens (tertiary/aromatic N) is 2. The fourth-order valence-electron chi connectivity index (χ4n) is 9.55. The summed E-state index contributed by atoms with van der Waals surface area (Å²) in [5.41, 5.74) is 17.1. The summed E-state index contributed by atoms with van der Waals surface area (Å²) in [5.74, 6) is 0.599. The van der Waals surface area contributed by atoms with Crippen molar-refractivity contribution < 1.29 is 8.83 Å². The summed E-state index contributed by atoms with van der Waals surface area (Å²) < 4.78 is 12.8. The van der Waals surface area contributed by atoms with Gasteiger partial charge < -0.3 is 13.7 Å². The van der Waals surface area contributed by atoms with Crippen LogP contribution in [0.1, 0.15) is 25.0 Å². The van der Waals surface area contributed by atoms with E-state index in [0.717, 1.165) is 66.8 Å². The smallest absolute Gasteiger partial charge is 0.227 e. The van der Waals surface area contributed by atoms with Gasteiger partial charge in [-0.1, -0.05) is 141 Å². The van der Waals surface area contributed by atoms with E-state index in [1.807, 2.05) is 42.5 Å². The molecule has 0 amide bonds. The number of hydrogen-bond donors (Lipinski definition) is 0. The Morgan fingerprint density at radius 2 is 1.10 bits per heavy atom. The summed E-state index contributed by atoms with van der Waals surface area (Å²) in [5, 5.41) is 4.53. The highest BCUT2D eigenvalue weighted by atomic mass is 16.4. The van der Waals surface area contributed by atoms with Crippen LogP contribution in [-0.4, -0.2) is 4.98 Å². The van der Waals surface area contributed by atoms with Gasteiger partial charge in [-0.05, 0) is 116 Å². The molecule has 0 saturated carbocycles. The third-order valence-electron chi connectivity index (χ3n) is 12.5. The van der Waals surface area contributed by atoms with E-state index in [2.05, 4.69) is 170 Å². The van der Waals surface area contributed by atoms with Gasteiger partial charge in [0.15, 0.2) is 5.58 Å². The molecule has 4 nitrogen and oxygen atoms in total. The number of fused-ring (bicyclic) bond motifs is 8. The first-order chi connectivity index (χ1) is 29.5. The Morgan fingerprint density at radius 3 is 2.00 bits per heavy atom. The van der Waals surface area contributed by atoms with Crippen LogP contribution in [-0.2, 0) is 5.41 Å². The standard InChI is InChI=1S/C56H38N2O2/c1-56(2)48-23-9-8-20-45(48)46-30-29-41(32-49(46)56)58(40-18-10-17-38(31-40)43-21-11-16-35-13-6-7-19-42(35)43)39-27-25-36(26-28-39)44-22-12-24-51-54(44)47-33-53-50(34-52(47)59-51)57-55(60-53)37-14-4-3-5-15-37/h3-34H,1-2H3. The fourth-order valence-corrected chi connectivity index (χ4v) is 9.55. The van der Waals surface area contributed by atoms with Crippen molar-refractivity contribution in [2.75, 3.05) is 4.90 Å². The van der Waals surface area contributed by atoms with Crippen LogP contribution >= 0.6 is 0 Å². The molecule has 11 aromatic rings. The number of oxazole rings is 1. The molecule has 0 unspecified atom stereocenters. The number of furan rings is 1. The monoisotopic (exact) mass is 770 g/mol. The van der Waals surface area contributed by atoms with Gasteiger partial charge in [-0.25, -0.2) is 4.98 Å². The van der Waals surface area contributed by atoms with Crippen molar-refractivity contribution in [2.45, 2.75) is 19.3 Å². The van der Waals surface area contributed by atoms with Crippen molar-refractivity contribution in [2.24, 2.45) is 0 Å². The predicted molar refractivity (Wildman–Crippen MR) is 247 cm³/mol. The molecule has 0 N–H and O–H groups in total. The molecule has 0 aliphatic heterocycles. The molecule has 60 heavy (non-hydrogen) atoms. The minimum atomic E-state index is -0.130. The van der Waals surface area contributed by atoms with E-state index in [0.29, 0.717) is 5.89 Å². The second-order valence-electron chi connectivity index (χ2n) is 16.3. The van der Waals surface area contributed by atoms with Crippen molar-refractivity contribution in [1.29, 1.82) is 0 Å². The minimum Gasteiger partial charge on any atom is -0.456 e. The molecule has 1 aliphatic carbocycles. The third-order valence-corrected chi connectivity index (χ3v) is 12.5. The van der Waals surface area contributed by atoms with Gasteiger partial charge in [0.25, 0.3) is 0 Å². The number of hydrogen-bond acceptors (Lipinski definition) is 4. The van der Waals surface area contributed by atoms with Gasteiger partial charge in [-0.2, -0.15) is 0 Å². The molecule has 2 heterocycles. The molecule has 12 rings (SSSR count). The van der Waals surface area contributed by atoms with Gasteiger partial charge in [0.1, 0.15) is 16.7 Å². The number of benzene rings is 9. The van der Waals surface area contributed by atoms with Crippen LogP contribution < -0.4 is 4.90 Å². The zero-order valence-corrected chi connectivity index (χ0v) is 33.2. The molecule has 284 valence electrons. The molecule has 0 atom stereocenters. The van der Waals surface area contributed by atoms with Crippen molar-refractivity contribution >= 4 is 60.9 Å². The Balaban J connectivity index is 0.990. The van der Waals surface area contributed by atoms with E-state index in [-0.39, 0.29) is 5.41 Å². The number of rotatable bonds is 6. The molecular formula is C56H38N2O2. The van der Waals surface area contributed by atoms with Crippen molar-refractivity contribution in [3.05, 3.63) is 205 Å². The summed E-state index contributed by atoms with van der Waals surface area (Å²) in [6.07, 6.45) is 0. The number of aromatic nitrogens is 1.